The molecule has 0 radical (unpaired) electrons. The van der Waals surface area contributed by atoms with Crippen LogP contribution in [0.5, 0.6) is 0 Å². The number of carbonyl (C=O) groups excluding carboxylic acids is 1. The number of hydrogen-bond donors (Lipinski definition) is 2. The number of rotatable bonds is 4. The van der Waals surface area contributed by atoms with Gasteiger partial charge in [0.05, 0.1) is 6.54 Å². The molecule has 0 aromatic carbocycles. The molecule has 0 spiro atoms. The summed E-state index contributed by atoms with van der Waals surface area (Å²) in [6.45, 7) is 6.90. The van der Waals surface area contributed by atoms with Gasteiger partial charge in [-0.25, -0.2) is 0 Å². The second kappa shape index (κ2) is 7.24. The zero-order valence-electron chi connectivity index (χ0n) is 12.0. The molecule has 18 heavy (non-hydrogen) atoms. The Morgan fingerprint density at radius 1 is 1.50 bits per heavy atom. The minimum absolute atomic E-state index is 0.0194. The predicted octanol–water partition coefficient (Wildman–Crippen LogP) is 0.676. The summed E-state index contributed by atoms with van der Waals surface area (Å²) in [4.78, 5) is 17.7. The molecule has 0 saturated carbocycles. The van der Waals surface area contributed by atoms with Crippen molar-refractivity contribution in [1.29, 1.82) is 0 Å². The van der Waals surface area contributed by atoms with Crippen molar-refractivity contribution in [2.24, 2.45) is 16.8 Å². The average molecular weight is 254 g/mol. The monoisotopic (exact) mass is 254 g/mol. The normalized spacial score (nSPS) is 20.4. The van der Waals surface area contributed by atoms with Crippen LogP contribution < -0.4 is 10.6 Å². The molecule has 1 rings (SSSR count). The summed E-state index contributed by atoms with van der Waals surface area (Å²) < 4.78 is 0. The van der Waals surface area contributed by atoms with E-state index in [1.807, 2.05) is 0 Å². The van der Waals surface area contributed by atoms with E-state index in [4.69, 9.17) is 0 Å². The second-order valence-electron chi connectivity index (χ2n) is 5.30. The summed E-state index contributed by atoms with van der Waals surface area (Å²) in [7, 11) is 3.41. The third-order valence-electron chi connectivity index (χ3n) is 3.29. The van der Waals surface area contributed by atoms with Crippen molar-refractivity contribution < 1.29 is 4.79 Å². The van der Waals surface area contributed by atoms with E-state index in [0.717, 1.165) is 30.9 Å². The summed E-state index contributed by atoms with van der Waals surface area (Å²) in [6.07, 6.45) is 2.49. The molecule has 0 aromatic rings. The highest BCUT2D eigenvalue weighted by atomic mass is 16.1. The molecule has 5 heteroatoms. The molecule has 1 unspecified atom stereocenters. The van der Waals surface area contributed by atoms with Crippen LogP contribution in [0.25, 0.3) is 0 Å². The number of aliphatic imine (C=N–C) groups is 1. The number of amides is 1. The summed E-state index contributed by atoms with van der Waals surface area (Å²) >= 11 is 0. The predicted molar refractivity (Wildman–Crippen MR) is 74.6 cm³/mol. The van der Waals surface area contributed by atoms with Gasteiger partial charge in [0.2, 0.25) is 5.91 Å². The van der Waals surface area contributed by atoms with Crippen LogP contribution in [-0.2, 0) is 4.79 Å². The van der Waals surface area contributed by atoms with Crippen LogP contribution in [-0.4, -0.2) is 50.5 Å². The number of guanidine groups is 1. The molecule has 1 atom stereocenters. The van der Waals surface area contributed by atoms with Gasteiger partial charge in [0.1, 0.15) is 0 Å². The minimum Gasteiger partial charge on any atom is -0.358 e. The molecule has 1 aliphatic heterocycles. The van der Waals surface area contributed by atoms with E-state index in [2.05, 4.69) is 34.4 Å². The zero-order chi connectivity index (χ0) is 13.5. The van der Waals surface area contributed by atoms with E-state index in [0.29, 0.717) is 0 Å². The first-order valence-corrected chi connectivity index (χ1v) is 6.73. The Hall–Kier alpha value is -1.26. The smallest absolute Gasteiger partial charge is 0.239 e. The molecule has 1 fully saturated rings. The van der Waals surface area contributed by atoms with Crippen LogP contribution in [0.2, 0.25) is 0 Å². The Labute approximate surface area is 110 Å². The summed E-state index contributed by atoms with van der Waals surface area (Å²) in [6, 6.07) is 0. The van der Waals surface area contributed by atoms with Gasteiger partial charge in [-0.2, -0.15) is 0 Å². The van der Waals surface area contributed by atoms with Crippen molar-refractivity contribution in [2.45, 2.75) is 26.7 Å². The number of carbonyl (C=O) groups is 1. The van der Waals surface area contributed by atoms with Gasteiger partial charge in [0.15, 0.2) is 5.96 Å². The number of hydrogen-bond acceptors (Lipinski definition) is 2. The first-order chi connectivity index (χ1) is 8.56. The Kier molecular flexibility index (Phi) is 5.95. The molecule has 5 nitrogen and oxygen atoms in total. The topological polar surface area (TPSA) is 56.7 Å². The molecular weight excluding hydrogens is 228 g/mol. The first-order valence-electron chi connectivity index (χ1n) is 6.73. The summed E-state index contributed by atoms with van der Waals surface area (Å²) in [5, 5.41) is 5.69. The van der Waals surface area contributed by atoms with Crippen molar-refractivity contribution in [3.63, 3.8) is 0 Å². The van der Waals surface area contributed by atoms with Gasteiger partial charge in [-0.3, -0.25) is 9.79 Å². The highest BCUT2D eigenvalue weighted by Gasteiger charge is 2.25. The maximum atomic E-state index is 11.2. The lowest BCUT2D eigenvalue weighted by Crippen LogP contribution is -2.44. The fourth-order valence-corrected chi connectivity index (χ4v) is 2.46. The lowest BCUT2D eigenvalue weighted by Gasteiger charge is -2.21. The molecule has 1 saturated heterocycles. The van der Waals surface area contributed by atoms with Crippen LogP contribution in [0.1, 0.15) is 26.7 Å². The van der Waals surface area contributed by atoms with Gasteiger partial charge in [0, 0.05) is 27.2 Å². The van der Waals surface area contributed by atoms with Gasteiger partial charge >= 0.3 is 0 Å². The first kappa shape index (κ1) is 14.8. The zero-order valence-corrected chi connectivity index (χ0v) is 12.0. The van der Waals surface area contributed by atoms with Crippen molar-refractivity contribution in [3.05, 3.63) is 0 Å². The lowest BCUT2D eigenvalue weighted by molar-refractivity contribution is -0.119. The maximum absolute atomic E-state index is 11.2. The Bertz CT molecular complexity index is 301. The summed E-state index contributed by atoms with van der Waals surface area (Å²) in [5.74, 6) is 2.32. The van der Waals surface area contributed by atoms with Gasteiger partial charge in [0.25, 0.3) is 0 Å². The van der Waals surface area contributed by atoms with Gasteiger partial charge in [-0.1, -0.05) is 13.8 Å². The quantitative estimate of drug-likeness (QED) is 0.573. The standard InChI is InChI=1S/C13H26N4O/c1-10(2)7-11-5-6-17(9-11)13(15-4)16-8-12(18)14-3/h10-11H,5-9H2,1-4H3,(H,14,18)(H,15,16). The van der Waals surface area contributed by atoms with Crippen LogP contribution >= 0.6 is 0 Å². The average Bonchev–Trinajstić information content (AvgIpc) is 2.77. The van der Waals surface area contributed by atoms with Crippen molar-refractivity contribution in [1.82, 2.24) is 15.5 Å². The highest BCUT2D eigenvalue weighted by molar-refractivity contribution is 5.86. The van der Waals surface area contributed by atoms with Crippen LogP contribution in [0.4, 0.5) is 0 Å². The molecular formula is C13H26N4O. The van der Waals surface area contributed by atoms with E-state index in [9.17, 15) is 4.79 Å². The minimum atomic E-state index is -0.0194. The molecule has 0 aliphatic carbocycles. The maximum Gasteiger partial charge on any atom is 0.239 e. The highest BCUT2D eigenvalue weighted by Crippen LogP contribution is 2.23. The summed E-state index contributed by atoms with van der Waals surface area (Å²) in [5.41, 5.74) is 0. The lowest BCUT2D eigenvalue weighted by atomic mass is 9.97. The van der Waals surface area contributed by atoms with E-state index >= 15 is 0 Å². The number of nitrogens with one attached hydrogen (secondary N) is 2. The molecule has 1 amide bonds. The molecule has 0 bridgehead atoms. The van der Waals surface area contributed by atoms with Crippen LogP contribution in [0, 0.1) is 11.8 Å². The number of nitrogens with zero attached hydrogens (tertiary/aromatic N) is 2. The van der Waals surface area contributed by atoms with Gasteiger partial charge < -0.3 is 15.5 Å². The van der Waals surface area contributed by atoms with Crippen molar-refractivity contribution in [3.8, 4) is 0 Å². The van der Waals surface area contributed by atoms with Gasteiger partial charge in [-0.15, -0.1) is 0 Å². The Morgan fingerprint density at radius 2 is 2.22 bits per heavy atom. The Morgan fingerprint density at radius 3 is 2.78 bits per heavy atom. The Balaban J connectivity index is 2.41. The fourth-order valence-electron chi connectivity index (χ4n) is 2.46. The van der Waals surface area contributed by atoms with Crippen molar-refractivity contribution >= 4 is 11.9 Å². The van der Waals surface area contributed by atoms with Crippen LogP contribution in [0.3, 0.4) is 0 Å². The third-order valence-corrected chi connectivity index (χ3v) is 3.29. The SMILES string of the molecule is CN=C(NCC(=O)NC)N1CCC(CC(C)C)C1. The molecule has 1 aliphatic rings. The fraction of sp³-hybridized carbons (Fsp3) is 0.846. The number of likely N-dealkylation sites (tertiary alicyclic amines) is 1. The molecule has 2 N–H and O–H groups in total. The van der Waals surface area contributed by atoms with Crippen molar-refractivity contribution in [2.75, 3.05) is 33.7 Å². The third kappa shape index (κ3) is 4.55. The van der Waals surface area contributed by atoms with E-state index in [1.54, 1.807) is 14.1 Å². The largest absolute Gasteiger partial charge is 0.358 e. The van der Waals surface area contributed by atoms with Crippen LogP contribution in [0.15, 0.2) is 4.99 Å². The number of likely N-dealkylation sites (N-methyl/N-ethyl adjacent to an activating group) is 1. The molecule has 104 valence electrons. The molecule has 1 heterocycles. The second-order valence-corrected chi connectivity index (χ2v) is 5.30. The van der Waals surface area contributed by atoms with E-state index in [1.165, 1.54) is 12.8 Å². The van der Waals surface area contributed by atoms with E-state index in [-0.39, 0.29) is 12.5 Å². The van der Waals surface area contributed by atoms with Gasteiger partial charge in [-0.05, 0) is 24.7 Å². The van der Waals surface area contributed by atoms with E-state index < -0.39 is 0 Å². The molecule has 0 aromatic heterocycles.